The Hall–Kier alpha value is -2.69. The Morgan fingerprint density at radius 2 is 2.07 bits per heavy atom. The van der Waals surface area contributed by atoms with Gasteiger partial charge in [0.05, 0.1) is 6.42 Å². The zero-order chi connectivity index (χ0) is 18.8. The molecule has 5 heteroatoms. The number of benzene rings is 1. The molecule has 0 radical (unpaired) electrons. The number of pyridine rings is 1. The Morgan fingerprint density at radius 3 is 2.81 bits per heavy atom. The lowest BCUT2D eigenvalue weighted by atomic mass is 9.96. The highest BCUT2D eigenvalue weighted by Gasteiger charge is 2.38. The fraction of sp³-hybridized carbons (Fsp3) is 0.409. The van der Waals surface area contributed by atoms with Gasteiger partial charge in [0.15, 0.2) is 0 Å². The lowest BCUT2D eigenvalue weighted by Crippen LogP contribution is -2.47. The van der Waals surface area contributed by atoms with Gasteiger partial charge in [-0.1, -0.05) is 49.4 Å². The van der Waals surface area contributed by atoms with E-state index in [0.717, 1.165) is 29.7 Å². The zero-order valence-corrected chi connectivity index (χ0v) is 15.6. The van der Waals surface area contributed by atoms with Gasteiger partial charge in [-0.15, -0.1) is 0 Å². The third-order valence-corrected chi connectivity index (χ3v) is 5.67. The Labute approximate surface area is 159 Å². The first-order valence-electron chi connectivity index (χ1n) is 9.75. The Bertz CT molecular complexity index is 844. The molecule has 1 aliphatic carbocycles. The van der Waals surface area contributed by atoms with Crippen molar-refractivity contribution in [1.82, 2.24) is 4.98 Å². The second-order valence-corrected chi connectivity index (χ2v) is 7.68. The Balaban J connectivity index is 1.63. The molecule has 2 aromatic rings. The summed E-state index contributed by atoms with van der Waals surface area (Å²) in [6.45, 7) is 2.03. The summed E-state index contributed by atoms with van der Waals surface area (Å²) in [6, 6.07) is 11.0. The van der Waals surface area contributed by atoms with E-state index in [4.69, 9.17) is 0 Å². The van der Waals surface area contributed by atoms with E-state index in [0.29, 0.717) is 24.6 Å². The van der Waals surface area contributed by atoms with Crippen molar-refractivity contribution < 1.29 is 9.59 Å². The number of rotatable bonds is 5. The first kappa shape index (κ1) is 17.7. The largest absolute Gasteiger partial charge is 0.309 e. The highest BCUT2D eigenvalue weighted by molar-refractivity contribution is 6.08. The van der Waals surface area contributed by atoms with E-state index in [2.05, 4.69) is 16.4 Å². The number of amides is 2. The van der Waals surface area contributed by atoms with Crippen molar-refractivity contribution in [2.75, 3.05) is 10.2 Å². The molecular weight excluding hydrogens is 338 g/mol. The molecule has 0 saturated heterocycles. The summed E-state index contributed by atoms with van der Waals surface area (Å²) in [7, 11) is 0. The molecule has 1 saturated carbocycles. The van der Waals surface area contributed by atoms with Crippen molar-refractivity contribution in [1.29, 1.82) is 0 Å². The summed E-state index contributed by atoms with van der Waals surface area (Å²) in [5.41, 5.74) is 3.03. The fourth-order valence-electron chi connectivity index (χ4n) is 4.35. The van der Waals surface area contributed by atoms with Crippen LogP contribution in [0.15, 0.2) is 42.6 Å². The Morgan fingerprint density at radius 1 is 1.26 bits per heavy atom. The molecule has 2 aliphatic rings. The first-order chi connectivity index (χ1) is 13.1. The molecule has 0 bridgehead atoms. The number of hydrogen-bond donors (Lipinski definition) is 1. The average molecular weight is 363 g/mol. The van der Waals surface area contributed by atoms with Crippen LogP contribution < -0.4 is 10.2 Å². The summed E-state index contributed by atoms with van der Waals surface area (Å²) in [6.07, 6.45) is 7.42. The van der Waals surface area contributed by atoms with Gasteiger partial charge in [0.25, 0.3) is 0 Å². The number of anilines is 2. The smallest absolute Gasteiger partial charge is 0.248 e. The number of nitrogens with zero attached hydrogens (tertiary/aromatic N) is 2. The standard InChI is InChI=1S/C22H25N3O2/c1-15-9-10-18-17(12-15)14-21(26)25(18)19(13-16-6-2-3-7-16)22(27)24-20-8-4-5-11-23-20/h4-5,8-12,16,19H,2-3,6-7,13-14H2,1H3,(H,23,24,27). The molecule has 2 amide bonds. The lowest BCUT2D eigenvalue weighted by Gasteiger charge is -2.29. The van der Waals surface area contributed by atoms with Crippen LogP contribution in [0.2, 0.25) is 0 Å². The normalized spacial score (nSPS) is 17.8. The zero-order valence-electron chi connectivity index (χ0n) is 15.6. The second kappa shape index (κ2) is 7.51. The maximum atomic E-state index is 13.2. The third-order valence-electron chi connectivity index (χ3n) is 5.67. The number of fused-ring (bicyclic) bond motifs is 1. The molecule has 2 heterocycles. The SMILES string of the molecule is Cc1ccc2c(c1)CC(=O)N2C(CC1CCCC1)C(=O)Nc1ccccn1. The Kier molecular flexibility index (Phi) is 4.92. The number of carbonyl (C=O) groups is 2. The van der Waals surface area contributed by atoms with Gasteiger partial charge >= 0.3 is 0 Å². The highest BCUT2D eigenvalue weighted by atomic mass is 16.2. The van der Waals surface area contributed by atoms with Crippen LogP contribution in [0.5, 0.6) is 0 Å². The molecule has 27 heavy (non-hydrogen) atoms. The van der Waals surface area contributed by atoms with Gasteiger partial charge in [0.2, 0.25) is 11.8 Å². The van der Waals surface area contributed by atoms with Crippen molar-refractivity contribution in [2.45, 2.75) is 51.5 Å². The topological polar surface area (TPSA) is 62.3 Å². The molecular formula is C22H25N3O2. The fourth-order valence-corrected chi connectivity index (χ4v) is 4.35. The van der Waals surface area contributed by atoms with Crippen molar-refractivity contribution >= 4 is 23.3 Å². The van der Waals surface area contributed by atoms with Crippen LogP contribution in [0, 0.1) is 12.8 Å². The van der Waals surface area contributed by atoms with Gasteiger partial charge < -0.3 is 5.32 Å². The van der Waals surface area contributed by atoms with E-state index in [1.54, 1.807) is 17.2 Å². The summed E-state index contributed by atoms with van der Waals surface area (Å²) in [5, 5.41) is 2.91. The second-order valence-electron chi connectivity index (χ2n) is 7.68. The predicted molar refractivity (Wildman–Crippen MR) is 106 cm³/mol. The van der Waals surface area contributed by atoms with Crippen LogP contribution in [0.1, 0.15) is 43.2 Å². The minimum atomic E-state index is -0.494. The van der Waals surface area contributed by atoms with Crippen LogP contribution in [-0.4, -0.2) is 22.8 Å². The summed E-state index contributed by atoms with van der Waals surface area (Å²) in [5.74, 6) is 0.874. The molecule has 1 aromatic heterocycles. The molecule has 0 spiro atoms. The number of hydrogen-bond acceptors (Lipinski definition) is 3. The maximum Gasteiger partial charge on any atom is 0.248 e. The van der Waals surface area contributed by atoms with Crippen molar-refractivity contribution in [2.24, 2.45) is 5.92 Å². The first-order valence-corrected chi connectivity index (χ1v) is 9.75. The predicted octanol–water partition coefficient (Wildman–Crippen LogP) is 3.87. The van der Waals surface area contributed by atoms with E-state index < -0.39 is 6.04 Å². The lowest BCUT2D eigenvalue weighted by molar-refractivity contribution is -0.123. The van der Waals surface area contributed by atoms with E-state index in [1.165, 1.54) is 12.8 Å². The van der Waals surface area contributed by atoms with Crippen LogP contribution in [0.3, 0.4) is 0 Å². The van der Waals surface area contributed by atoms with Crippen molar-refractivity contribution in [3.8, 4) is 0 Å². The van der Waals surface area contributed by atoms with Crippen LogP contribution >= 0.6 is 0 Å². The third kappa shape index (κ3) is 3.72. The molecule has 1 unspecified atom stereocenters. The van der Waals surface area contributed by atoms with E-state index in [-0.39, 0.29) is 11.8 Å². The number of aromatic nitrogens is 1. The number of carbonyl (C=O) groups excluding carboxylic acids is 2. The molecule has 4 rings (SSSR count). The van der Waals surface area contributed by atoms with Gasteiger partial charge in [-0.05, 0) is 43.0 Å². The number of aryl methyl sites for hydroxylation is 1. The quantitative estimate of drug-likeness (QED) is 0.877. The summed E-state index contributed by atoms with van der Waals surface area (Å²) in [4.78, 5) is 31.9. The molecule has 1 atom stereocenters. The van der Waals surface area contributed by atoms with Gasteiger partial charge in [-0.3, -0.25) is 14.5 Å². The summed E-state index contributed by atoms with van der Waals surface area (Å²) >= 11 is 0. The van der Waals surface area contributed by atoms with Gasteiger partial charge in [0, 0.05) is 11.9 Å². The molecule has 1 aliphatic heterocycles. The van der Waals surface area contributed by atoms with Gasteiger partial charge in [-0.25, -0.2) is 4.98 Å². The molecule has 5 nitrogen and oxygen atoms in total. The van der Waals surface area contributed by atoms with Crippen LogP contribution in [-0.2, 0) is 16.0 Å². The highest BCUT2D eigenvalue weighted by Crippen LogP contribution is 2.36. The monoisotopic (exact) mass is 363 g/mol. The van der Waals surface area contributed by atoms with Gasteiger partial charge in [-0.2, -0.15) is 0 Å². The molecule has 140 valence electrons. The maximum absolute atomic E-state index is 13.2. The average Bonchev–Trinajstić information content (AvgIpc) is 3.27. The van der Waals surface area contributed by atoms with E-state index >= 15 is 0 Å². The summed E-state index contributed by atoms with van der Waals surface area (Å²) < 4.78 is 0. The van der Waals surface area contributed by atoms with E-state index in [9.17, 15) is 9.59 Å². The molecule has 1 aromatic carbocycles. The minimum absolute atomic E-state index is 0.00904. The van der Waals surface area contributed by atoms with Crippen LogP contribution in [0.25, 0.3) is 0 Å². The van der Waals surface area contributed by atoms with Crippen molar-refractivity contribution in [3.63, 3.8) is 0 Å². The van der Waals surface area contributed by atoms with Crippen molar-refractivity contribution in [3.05, 3.63) is 53.7 Å². The van der Waals surface area contributed by atoms with E-state index in [1.807, 2.05) is 31.2 Å². The molecule has 1 N–H and O–H groups in total. The minimum Gasteiger partial charge on any atom is -0.309 e. The molecule has 1 fully saturated rings. The number of nitrogens with one attached hydrogen (secondary N) is 1. The van der Waals surface area contributed by atoms with Gasteiger partial charge in [0.1, 0.15) is 11.9 Å². The van der Waals surface area contributed by atoms with Crippen LogP contribution in [0.4, 0.5) is 11.5 Å².